The highest BCUT2D eigenvalue weighted by atomic mass is 16.2. The lowest BCUT2D eigenvalue weighted by Gasteiger charge is -2.05. The number of hydrogen-bond donors (Lipinski definition) is 1. The van der Waals surface area contributed by atoms with Gasteiger partial charge in [0.25, 0.3) is 0 Å². The van der Waals surface area contributed by atoms with Crippen LogP contribution in [0.5, 0.6) is 0 Å². The number of nitrogens with zero attached hydrogens (tertiary/aromatic N) is 4. The van der Waals surface area contributed by atoms with Crippen LogP contribution < -0.4 is 5.32 Å². The summed E-state index contributed by atoms with van der Waals surface area (Å²) in [6.07, 6.45) is 3.74. The van der Waals surface area contributed by atoms with Gasteiger partial charge in [-0.05, 0) is 37.1 Å². The number of anilines is 1. The van der Waals surface area contributed by atoms with Gasteiger partial charge in [0.2, 0.25) is 11.9 Å². The predicted octanol–water partition coefficient (Wildman–Crippen LogP) is 3.29. The molecule has 122 valence electrons. The summed E-state index contributed by atoms with van der Waals surface area (Å²) in [6.45, 7) is 0. The molecule has 0 aliphatic heterocycles. The largest absolute Gasteiger partial charge is 0.293 e. The summed E-state index contributed by atoms with van der Waals surface area (Å²) < 4.78 is 1.74. The summed E-state index contributed by atoms with van der Waals surface area (Å²) in [6, 6.07) is 15.9. The molecule has 1 aliphatic carbocycles. The van der Waals surface area contributed by atoms with E-state index < -0.39 is 0 Å². The van der Waals surface area contributed by atoms with E-state index in [4.69, 9.17) is 0 Å². The Hall–Kier alpha value is -3.28. The van der Waals surface area contributed by atoms with Crippen molar-refractivity contribution in [3.05, 3.63) is 54.7 Å². The van der Waals surface area contributed by atoms with Crippen molar-refractivity contribution in [2.24, 2.45) is 5.92 Å². The van der Waals surface area contributed by atoms with Crippen LogP contribution in [-0.2, 0) is 4.79 Å². The average Bonchev–Trinajstić information content (AvgIpc) is 3.41. The van der Waals surface area contributed by atoms with Crippen molar-refractivity contribution in [2.45, 2.75) is 12.8 Å². The fourth-order valence-corrected chi connectivity index (χ4v) is 2.95. The fraction of sp³-hybridized carbons (Fsp3) is 0.158. The van der Waals surface area contributed by atoms with Crippen molar-refractivity contribution in [1.82, 2.24) is 19.6 Å². The lowest BCUT2D eigenvalue weighted by Crippen LogP contribution is -2.14. The van der Waals surface area contributed by atoms with Gasteiger partial charge in [0.1, 0.15) is 0 Å². The molecule has 3 heterocycles. The van der Waals surface area contributed by atoms with E-state index in [2.05, 4.69) is 26.4 Å². The Kier molecular flexibility index (Phi) is 3.03. The molecule has 1 saturated carbocycles. The molecule has 5 rings (SSSR count). The Balaban J connectivity index is 1.59. The normalized spacial score (nSPS) is 14.1. The van der Waals surface area contributed by atoms with Crippen LogP contribution in [0.3, 0.4) is 0 Å². The summed E-state index contributed by atoms with van der Waals surface area (Å²) in [5.41, 5.74) is 3.48. The zero-order valence-electron chi connectivity index (χ0n) is 13.4. The van der Waals surface area contributed by atoms with Crippen molar-refractivity contribution in [1.29, 1.82) is 0 Å². The van der Waals surface area contributed by atoms with Crippen LogP contribution in [0, 0.1) is 5.92 Å². The molecule has 0 bridgehead atoms. The first-order valence-corrected chi connectivity index (χ1v) is 8.30. The minimum absolute atomic E-state index is 0.00447. The van der Waals surface area contributed by atoms with Gasteiger partial charge in [0.15, 0.2) is 5.65 Å². The van der Waals surface area contributed by atoms with Gasteiger partial charge < -0.3 is 0 Å². The number of hydrogen-bond acceptors (Lipinski definition) is 4. The van der Waals surface area contributed by atoms with Crippen LogP contribution in [0.25, 0.3) is 27.8 Å². The third-order valence-electron chi connectivity index (χ3n) is 4.43. The highest BCUT2D eigenvalue weighted by Gasteiger charge is 2.30. The number of fused-ring (bicyclic) bond motifs is 2. The molecule has 6 heteroatoms. The second kappa shape index (κ2) is 5.37. The van der Waals surface area contributed by atoms with Gasteiger partial charge in [0, 0.05) is 23.1 Å². The van der Waals surface area contributed by atoms with Crippen molar-refractivity contribution >= 4 is 28.4 Å². The van der Waals surface area contributed by atoms with Crippen LogP contribution in [-0.4, -0.2) is 25.5 Å². The van der Waals surface area contributed by atoms with Gasteiger partial charge >= 0.3 is 0 Å². The number of carbonyl (C=O) groups excluding carboxylic acids is 1. The number of benzene rings is 1. The van der Waals surface area contributed by atoms with Gasteiger partial charge in [-0.2, -0.15) is 4.98 Å². The zero-order chi connectivity index (χ0) is 16.8. The fourth-order valence-electron chi connectivity index (χ4n) is 2.95. The van der Waals surface area contributed by atoms with Gasteiger partial charge in [-0.25, -0.2) is 4.52 Å². The van der Waals surface area contributed by atoms with E-state index in [0.717, 1.165) is 35.0 Å². The van der Waals surface area contributed by atoms with Gasteiger partial charge in [-0.3, -0.25) is 15.1 Å². The van der Waals surface area contributed by atoms with Gasteiger partial charge in [0.05, 0.1) is 11.2 Å². The first kappa shape index (κ1) is 14.1. The second-order valence-electron chi connectivity index (χ2n) is 6.30. The van der Waals surface area contributed by atoms with Crippen molar-refractivity contribution in [3.63, 3.8) is 0 Å². The predicted molar refractivity (Wildman–Crippen MR) is 95.1 cm³/mol. The lowest BCUT2D eigenvalue weighted by molar-refractivity contribution is -0.117. The van der Waals surface area contributed by atoms with E-state index in [1.54, 1.807) is 4.52 Å². The van der Waals surface area contributed by atoms with Crippen molar-refractivity contribution in [2.75, 3.05) is 5.32 Å². The smallest absolute Gasteiger partial charge is 0.249 e. The van der Waals surface area contributed by atoms with Crippen LogP contribution in [0.1, 0.15) is 12.8 Å². The Labute approximate surface area is 143 Å². The average molecular weight is 329 g/mol. The van der Waals surface area contributed by atoms with Gasteiger partial charge in [-0.1, -0.05) is 24.3 Å². The molecular weight excluding hydrogens is 314 g/mol. The molecule has 0 atom stereocenters. The summed E-state index contributed by atoms with van der Waals surface area (Å²) in [4.78, 5) is 20.9. The molecule has 4 aromatic rings. The van der Waals surface area contributed by atoms with Gasteiger partial charge in [-0.15, -0.1) is 5.10 Å². The number of amides is 1. The SMILES string of the molecule is O=C(Nc1nc2cccc(-c3cnc4ccccc4c3)n2n1)C1CC1. The number of aromatic nitrogens is 4. The van der Waals surface area contributed by atoms with E-state index in [0.29, 0.717) is 11.6 Å². The van der Waals surface area contributed by atoms with E-state index in [-0.39, 0.29) is 11.8 Å². The molecule has 0 saturated heterocycles. The Morgan fingerprint density at radius 3 is 2.88 bits per heavy atom. The quantitative estimate of drug-likeness (QED) is 0.626. The summed E-state index contributed by atoms with van der Waals surface area (Å²) in [7, 11) is 0. The molecule has 0 spiro atoms. The third-order valence-corrected chi connectivity index (χ3v) is 4.43. The molecule has 0 radical (unpaired) electrons. The first-order chi connectivity index (χ1) is 12.3. The van der Waals surface area contributed by atoms with Crippen LogP contribution >= 0.6 is 0 Å². The summed E-state index contributed by atoms with van der Waals surface area (Å²) in [5, 5.41) is 8.34. The Morgan fingerprint density at radius 2 is 2.00 bits per heavy atom. The number of para-hydroxylation sites is 1. The second-order valence-corrected chi connectivity index (χ2v) is 6.30. The molecule has 25 heavy (non-hydrogen) atoms. The molecule has 3 aromatic heterocycles. The molecule has 1 aromatic carbocycles. The standard InChI is InChI=1S/C19H15N5O/c25-18(12-8-9-12)22-19-21-17-7-3-6-16(24(17)23-19)14-10-13-4-1-2-5-15(13)20-11-14/h1-7,10-12H,8-9H2,(H,22,23,25). The number of rotatable bonds is 3. The monoisotopic (exact) mass is 329 g/mol. The maximum Gasteiger partial charge on any atom is 0.249 e. The maximum atomic E-state index is 11.9. The topological polar surface area (TPSA) is 72.2 Å². The highest BCUT2D eigenvalue weighted by molar-refractivity contribution is 5.92. The van der Waals surface area contributed by atoms with Crippen molar-refractivity contribution < 1.29 is 4.79 Å². The summed E-state index contributed by atoms with van der Waals surface area (Å²) in [5.74, 6) is 0.471. The van der Waals surface area contributed by atoms with Crippen LogP contribution in [0.2, 0.25) is 0 Å². The minimum Gasteiger partial charge on any atom is -0.293 e. The number of carbonyl (C=O) groups is 1. The van der Waals surface area contributed by atoms with Crippen LogP contribution in [0.15, 0.2) is 54.7 Å². The molecule has 1 fully saturated rings. The molecule has 1 aliphatic rings. The Morgan fingerprint density at radius 1 is 1.12 bits per heavy atom. The number of pyridine rings is 2. The minimum atomic E-state index is 0.00447. The van der Waals surface area contributed by atoms with E-state index in [9.17, 15) is 4.79 Å². The molecule has 0 unspecified atom stereocenters. The first-order valence-electron chi connectivity index (χ1n) is 8.30. The molecule has 6 nitrogen and oxygen atoms in total. The number of nitrogens with one attached hydrogen (secondary N) is 1. The molecule has 1 N–H and O–H groups in total. The summed E-state index contributed by atoms with van der Waals surface area (Å²) >= 11 is 0. The van der Waals surface area contributed by atoms with E-state index in [1.165, 1.54) is 0 Å². The highest BCUT2D eigenvalue weighted by Crippen LogP contribution is 2.30. The third kappa shape index (κ3) is 2.52. The van der Waals surface area contributed by atoms with Crippen LogP contribution in [0.4, 0.5) is 5.95 Å². The maximum absolute atomic E-state index is 11.9. The Bertz CT molecular complexity index is 1110. The van der Waals surface area contributed by atoms with E-state index >= 15 is 0 Å². The lowest BCUT2D eigenvalue weighted by atomic mass is 10.1. The van der Waals surface area contributed by atoms with Crippen molar-refractivity contribution in [3.8, 4) is 11.3 Å². The molecular formula is C19H15N5O. The molecule has 1 amide bonds. The van der Waals surface area contributed by atoms with E-state index in [1.807, 2.05) is 48.7 Å². The zero-order valence-corrected chi connectivity index (χ0v) is 13.4.